The summed E-state index contributed by atoms with van der Waals surface area (Å²) < 4.78 is 0. The number of nitro groups is 1. The lowest BCUT2D eigenvalue weighted by Crippen LogP contribution is -1.98. The number of nitrogen functional groups attached to an aromatic ring is 1. The highest BCUT2D eigenvalue weighted by atomic mass is 16.6. The van der Waals surface area contributed by atoms with Crippen LogP contribution in [0.25, 0.3) is 22.2 Å². The normalized spacial score (nSPS) is 10.7. The number of nitro benzene ring substituents is 1. The highest BCUT2D eigenvalue weighted by Crippen LogP contribution is 2.28. The monoisotopic (exact) mass is 281 g/mol. The summed E-state index contributed by atoms with van der Waals surface area (Å²) in [5, 5.41) is 11.4. The number of aromatic nitrogens is 3. The van der Waals surface area contributed by atoms with Crippen LogP contribution < -0.4 is 5.73 Å². The van der Waals surface area contributed by atoms with Gasteiger partial charge in [-0.25, -0.2) is 15.0 Å². The first-order chi connectivity index (χ1) is 10.0. The van der Waals surface area contributed by atoms with Crippen LogP contribution in [-0.2, 0) is 0 Å². The molecule has 7 nitrogen and oxygen atoms in total. The van der Waals surface area contributed by atoms with Gasteiger partial charge in [0.15, 0.2) is 5.65 Å². The largest absolute Gasteiger partial charge is 0.383 e. The van der Waals surface area contributed by atoms with Gasteiger partial charge in [-0.2, -0.15) is 0 Å². The van der Waals surface area contributed by atoms with Crippen LogP contribution in [0.3, 0.4) is 0 Å². The van der Waals surface area contributed by atoms with Crippen molar-refractivity contribution in [2.75, 3.05) is 5.73 Å². The van der Waals surface area contributed by atoms with E-state index >= 15 is 0 Å². The molecule has 7 heteroatoms. The Balaban J connectivity index is 2.13. The fourth-order valence-corrected chi connectivity index (χ4v) is 2.06. The molecule has 0 atom stereocenters. The maximum atomic E-state index is 10.7. The van der Waals surface area contributed by atoms with Gasteiger partial charge in [0.25, 0.3) is 5.69 Å². The summed E-state index contributed by atoms with van der Waals surface area (Å²) in [6.07, 6.45) is 1.68. The number of hydrogen-bond donors (Lipinski definition) is 1. The van der Waals surface area contributed by atoms with Crippen LogP contribution in [0.2, 0.25) is 0 Å². The van der Waals surface area contributed by atoms with Crippen molar-refractivity contribution in [2.45, 2.75) is 6.92 Å². The van der Waals surface area contributed by atoms with E-state index in [9.17, 15) is 10.1 Å². The molecule has 2 N–H and O–H groups in total. The molecule has 0 amide bonds. The lowest BCUT2D eigenvalue weighted by Gasteiger charge is -2.07. The number of pyridine rings is 1. The van der Waals surface area contributed by atoms with E-state index in [1.54, 1.807) is 25.3 Å². The van der Waals surface area contributed by atoms with Gasteiger partial charge in [-0.15, -0.1) is 0 Å². The first-order valence-corrected chi connectivity index (χ1v) is 6.19. The van der Waals surface area contributed by atoms with Crippen LogP contribution in [0, 0.1) is 17.0 Å². The third-order valence-corrected chi connectivity index (χ3v) is 3.11. The molecule has 0 aliphatic rings. The second kappa shape index (κ2) is 4.78. The Bertz CT molecular complexity index is 846. The number of nitrogens with zero attached hydrogens (tertiary/aromatic N) is 4. The van der Waals surface area contributed by atoms with Crippen molar-refractivity contribution in [1.29, 1.82) is 0 Å². The highest BCUT2D eigenvalue weighted by Gasteiger charge is 2.10. The first kappa shape index (κ1) is 12.9. The average Bonchev–Trinajstić information content (AvgIpc) is 2.46. The van der Waals surface area contributed by atoms with Crippen molar-refractivity contribution in [2.24, 2.45) is 0 Å². The topological polar surface area (TPSA) is 108 Å². The molecule has 104 valence electrons. The third kappa shape index (κ3) is 2.36. The van der Waals surface area contributed by atoms with Crippen molar-refractivity contribution in [3.63, 3.8) is 0 Å². The van der Waals surface area contributed by atoms with Crippen molar-refractivity contribution in [1.82, 2.24) is 15.0 Å². The summed E-state index contributed by atoms with van der Waals surface area (Å²) in [7, 11) is 0. The molecule has 21 heavy (non-hydrogen) atoms. The maximum Gasteiger partial charge on any atom is 0.269 e. The summed E-state index contributed by atoms with van der Waals surface area (Å²) in [5.41, 5.74) is 7.98. The lowest BCUT2D eigenvalue weighted by atomic mass is 10.1. The SMILES string of the molecule is Cc1ncc2cc(-c3ccc([N+](=O)[O-])cc3)c(N)nc2n1. The molecule has 3 rings (SSSR count). The van der Waals surface area contributed by atoms with Crippen molar-refractivity contribution < 1.29 is 4.92 Å². The Kier molecular flexibility index (Phi) is 2.94. The molecule has 1 aromatic carbocycles. The fourth-order valence-electron chi connectivity index (χ4n) is 2.06. The molecule has 0 saturated heterocycles. The van der Waals surface area contributed by atoms with Gasteiger partial charge in [-0.05, 0) is 30.7 Å². The molecule has 2 heterocycles. The average molecular weight is 281 g/mol. The van der Waals surface area contributed by atoms with Crippen LogP contribution >= 0.6 is 0 Å². The van der Waals surface area contributed by atoms with Crippen molar-refractivity contribution in [3.05, 3.63) is 52.5 Å². The number of non-ortho nitro benzene ring substituents is 1. The number of nitrogens with two attached hydrogens (primary N) is 1. The second-order valence-electron chi connectivity index (χ2n) is 4.56. The highest BCUT2D eigenvalue weighted by molar-refractivity contribution is 5.86. The molecule has 0 aliphatic carbocycles. The zero-order valence-corrected chi connectivity index (χ0v) is 11.1. The predicted molar refractivity (Wildman–Crippen MR) is 78.6 cm³/mol. The summed E-state index contributed by atoms with van der Waals surface area (Å²) in [6.45, 7) is 1.78. The quantitative estimate of drug-likeness (QED) is 0.571. The van der Waals surface area contributed by atoms with Gasteiger partial charge in [-0.3, -0.25) is 10.1 Å². The van der Waals surface area contributed by atoms with Gasteiger partial charge >= 0.3 is 0 Å². The van der Waals surface area contributed by atoms with Crippen LogP contribution in [0.5, 0.6) is 0 Å². The van der Waals surface area contributed by atoms with E-state index in [1.807, 2.05) is 6.07 Å². The van der Waals surface area contributed by atoms with Crippen LogP contribution in [0.15, 0.2) is 36.5 Å². The summed E-state index contributed by atoms with van der Waals surface area (Å²) >= 11 is 0. The summed E-state index contributed by atoms with van der Waals surface area (Å²) in [4.78, 5) is 22.8. The molecular weight excluding hydrogens is 270 g/mol. The number of rotatable bonds is 2. The summed E-state index contributed by atoms with van der Waals surface area (Å²) in [6, 6.07) is 7.99. The maximum absolute atomic E-state index is 10.7. The van der Waals surface area contributed by atoms with E-state index in [-0.39, 0.29) is 5.69 Å². The van der Waals surface area contributed by atoms with Crippen molar-refractivity contribution in [3.8, 4) is 11.1 Å². The number of aryl methyl sites for hydroxylation is 1. The minimum Gasteiger partial charge on any atom is -0.383 e. The van der Waals surface area contributed by atoms with Crippen LogP contribution in [0.1, 0.15) is 5.82 Å². The Labute approximate surface area is 119 Å². The molecule has 0 saturated carbocycles. The van der Waals surface area contributed by atoms with Gasteiger partial charge in [0, 0.05) is 29.3 Å². The molecule has 0 fully saturated rings. The molecule has 0 aliphatic heterocycles. The van der Waals surface area contributed by atoms with Gasteiger partial charge in [-0.1, -0.05) is 0 Å². The van der Waals surface area contributed by atoms with E-state index in [1.165, 1.54) is 12.1 Å². The Morgan fingerprint density at radius 1 is 1.19 bits per heavy atom. The van der Waals surface area contributed by atoms with Gasteiger partial charge in [0.05, 0.1) is 4.92 Å². The predicted octanol–water partition coefficient (Wildman–Crippen LogP) is 2.49. The molecule has 0 spiro atoms. The standard InChI is InChI=1S/C14H11N5O2/c1-8-16-7-10-6-12(13(15)18-14(10)17-8)9-2-4-11(5-3-9)19(20)21/h2-7H,1H3,(H2,15,16,17,18). The molecule has 2 aromatic heterocycles. The lowest BCUT2D eigenvalue weighted by molar-refractivity contribution is -0.384. The Hall–Kier alpha value is -3.09. The van der Waals surface area contributed by atoms with Crippen LogP contribution in [-0.4, -0.2) is 19.9 Å². The molecular formula is C14H11N5O2. The van der Waals surface area contributed by atoms with Crippen LogP contribution in [0.4, 0.5) is 11.5 Å². The molecule has 0 bridgehead atoms. The van der Waals surface area contributed by atoms with E-state index in [2.05, 4.69) is 15.0 Å². The van der Waals surface area contributed by atoms with Gasteiger partial charge < -0.3 is 5.73 Å². The Morgan fingerprint density at radius 3 is 2.57 bits per heavy atom. The minimum absolute atomic E-state index is 0.0324. The number of hydrogen-bond acceptors (Lipinski definition) is 6. The minimum atomic E-state index is -0.442. The third-order valence-electron chi connectivity index (χ3n) is 3.11. The number of benzene rings is 1. The first-order valence-electron chi connectivity index (χ1n) is 6.19. The number of fused-ring (bicyclic) bond motifs is 1. The summed E-state index contributed by atoms with van der Waals surface area (Å²) in [5.74, 6) is 0.951. The van der Waals surface area contributed by atoms with E-state index in [0.29, 0.717) is 22.9 Å². The van der Waals surface area contributed by atoms with E-state index < -0.39 is 4.92 Å². The molecule has 0 radical (unpaired) electrons. The van der Waals surface area contributed by atoms with Crippen molar-refractivity contribution >= 4 is 22.5 Å². The Morgan fingerprint density at radius 2 is 1.90 bits per heavy atom. The number of anilines is 1. The smallest absolute Gasteiger partial charge is 0.269 e. The van der Waals surface area contributed by atoms with Gasteiger partial charge in [0.2, 0.25) is 0 Å². The molecule has 3 aromatic rings. The van der Waals surface area contributed by atoms with E-state index in [4.69, 9.17) is 5.73 Å². The second-order valence-corrected chi connectivity index (χ2v) is 4.56. The molecule has 0 unspecified atom stereocenters. The van der Waals surface area contributed by atoms with E-state index in [0.717, 1.165) is 10.9 Å². The zero-order valence-electron chi connectivity index (χ0n) is 11.1. The zero-order chi connectivity index (χ0) is 15.0. The fraction of sp³-hybridized carbons (Fsp3) is 0.0714. The van der Waals surface area contributed by atoms with Gasteiger partial charge in [0.1, 0.15) is 11.6 Å².